The second-order valence-corrected chi connectivity index (χ2v) is 8.68. The zero-order valence-corrected chi connectivity index (χ0v) is 16.3. The zero-order valence-electron chi connectivity index (χ0n) is 15.5. The number of benzene rings is 2. The molecule has 1 amide bonds. The van der Waals surface area contributed by atoms with Crippen LogP contribution in [0.5, 0.6) is 0 Å². The van der Waals surface area contributed by atoms with Gasteiger partial charge >= 0.3 is 6.18 Å². The summed E-state index contributed by atoms with van der Waals surface area (Å²) in [5.41, 5.74) is 1.74. The molecular formula is C19H18F4N2O4S. The first-order chi connectivity index (χ1) is 14.1. The van der Waals surface area contributed by atoms with Gasteiger partial charge in [-0.2, -0.15) is 17.5 Å². The summed E-state index contributed by atoms with van der Waals surface area (Å²) in [7, 11) is -4.14. The molecule has 6 nitrogen and oxygen atoms in total. The highest BCUT2D eigenvalue weighted by Crippen LogP contribution is 2.31. The lowest BCUT2D eigenvalue weighted by Gasteiger charge is -2.17. The second kappa shape index (κ2) is 8.70. The normalized spacial score (nSPS) is 17.8. The van der Waals surface area contributed by atoms with Gasteiger partial charge in [0.1, 0.15) is 11.9 Å². The fraction of sp³-hybridized carbons (Fsp3) is 0.316. The number of rotatable bonds is 6. The number of halogens is 4. The van der Waals surface area contributed by atoms with E-state index in [2.05, 4.69) is 5.48 Å². The lowest BCUT2D eigenvalue weighted by molar-refractivity contribution is -0.138. The van der Waals surface area contributed by atoms with Crippen molar-refractivity contribution in [2.45, 2.75) is 30.0 Å². The summed E-state index contributed by atoms with van der Waals surface area (Å²) in [4.78, 5) is 16.7. The minimum absolute atomic E-state index is 0.0388. The van der Waals surface area contributed by atoms with Crippen LogP contribution in [0.25, 0.3) is 0 Å². The summed E-state index contributed by atoms with van der Waals surface area (Å²) in [6.45, 7) is -0.0769. The summed E-state index contributed by atoms with van der Waals surface area (Å²) in [6.07, 6.45) is -5.10. The van der Waals surface area contributed by atoms with Gasteiger partial charge in [-0.25, -0.2) is 18.3 Å². The SMILES string of the molecule is O=C(Cc1ccc(F)cc1)NO[C@@H]1CCN(S(=O)(=O)c2cccc(C(F)(F)F)c2)C1. The monoisotopic (exact) mass is 446 g/mol. The van der Waals surface area contributed by atoms with Gasteiger partial charge in [-0.3, -0.25) is 9.63 Å². The number of nitrogens with one attached hydrogen (secondary N) is 1. The van der Waals surface area contributed by atoms with Gasteiger partial charge in [0.2, 0.25) is 15.9 Å². The Morgan fingerprint density at radius 3 is 2.53 bits per heavy atom. The zero-order chi connectivity index (χ0) is 21.9. The Kier molecular flexibility index (Phi) is 6.44. The number of nitrogens with zero attached hydrogens (tertiary/aromatic N) is 1. The average Bonchev–Trinajstić information content (AvgIpc) is 3.18. The summed E-state index contributed by atoms with van der Waals surface area (Å²) in [5.74, 6) is -0.927. The Hall–Kier alpha value is -2.50. The largest absolute Gasteiger partial charge is 0.416 e. The fourth-order valence-corrected chi connectivity index (χ4v) is 4.50. The molecule has 0 unspecified atom stereocenters. The van der Waals surface area contributed by atoms with Gasteiger partial charge in [-0.1, -0.05) is 18.2 Å². The third-order valence-electron chi connectivity index (χ3n) is 4.52. The molecule has 3 rings (SSSR count). The van der Waals surface area contributed by atoms with E-state index in [-0.39, 0.29) is 25.9 Å². The summed E-state index contributed by atoms with van der Waals surface area (Å²) >= 11 is 0. The number of hydrogen-bond donors (Lipinski definition) is 1. The van der Waals surface area contributed by atoms with E-state index in [0.29, 0.717) is 11.6 Å². The van der Waals surface area contributed by atoms with Crippen molar-refractivity contribution in [3.63, 3.8) is 0 Å². The predicted molar refractivity (Wildman–Crippen MR) is 97.9 cm³/mol. The fourth-order valence-electron chi connectivity index (χ4n) is 2.97. The van der Waals surface area contributed by atoms with Crippen LogP contribution in [0.1, 0.15) is 17.5 Å². The minimum atomic E-state index is -4.66. The Balaban J connectivity index is 1.57. The molecule has 1 atom stereocenters. The molecular weight excluding hydrogens is 428 g/mol. The lowest BCUT2D eigenvalue weighted by Crippen LogP contribution is -2.34. The summed E-state index contributed by atoms with van der Waals surface area (Å²) in [5, 5.41) is 0. The first-order valence-corrected chi connectivity index (χ1v) is 10.4. The van der Waals surface area contributed by atoms with Crippen molar-refractivity contribution in [2.24, 2.45) is 0 Å². The molecule has 0 aliphatic carbocycles. The highest BCUT2D eigenvalue weighted by atomic mass is 32.2. The smallest absolute Gasteiger partial charge is 0.272 e. The Bertz CT molecular complexity index is 1010. The number of carbonyl (C=O) groups excluding carboxylic acids is 1. The van der Waals surface area contributed by atoms with Crippen LogP contribution in [0.2, 0.25) is 0 Å². The minimum Gasteiger partial charge on any atom is -0.272 e. The molecule has 0 saturated carbocycles. The third-order valence-corrected chi connectivity index (χ3v) is 6.39. The Morgan fingerprint density at radius 1 is 1.17 bits per heavy atom. The molecule has 2 aromatic rings. The van der Waals surface area contributed by atoms with E-state index in [1.807, 2.05) is 0 Å². The maximum Gasteiger partial charge on any atom is 0.416 e. The van der Waals surface area contributed by atoms with Crippen molar-refractivity contribution >= 4 is 15.9 Å². The summed E-state index contributed by atoms with van der Waals surface area (Å²) in [6, 6.07) is 8.87. The topological polar surface area (TPSA) is 75.7 Å². The maximum absolute atomic E-state index is 12.9. The predicted octanol–water partition coefficient (Wildman–Crippen LogP) is 2.90. The van der Waals surface area contributed by atoms with E-state index in [1.165, 1.54) is 24.3 Å². The molecule has 1 fully saturated rings. The van der Waals surface area contributed by atoms with Crippen molar-refractivity contribution in [2.75, 3.05) is 13.1 Å². The van der Waals surface area contributed by atoms with Crippen molar-refractivity contribution in [3.05, 3.63) is 65.5 Å². The van der Waals surface area contributed by atoms with Crippen molar-refractivity contribution < 1.29 is 35.6 Å². The second-order valence-electron chi connectivity index (χ2n) is 6.75. The number of sulfonamides is 1. The maximum atomic E-state index is 12.9. The van der Waals surface area contributed by atoms with E-state index in [9.17, 15) is 30.8 Å². The van der Waals surface area contributed by atoms with Gasteiger partial charge in [-0.15, -0.1) is 0 Å². The molecule has 0 aromatic heterocycles. The van der Waals surface area contributed by atoms with Crippen LogP contribution < -0.4 is 5.48 Å². The van der Waals surface area contributed by atoms with Crippen molar-refractivity contribution in [1.82, 2.24) is 9.79 Å². The average molecular weight is 446 g/mol. The van der Waals surface area contributed by atoms with Gasteiger partial charge in [0, 0.05) is 13.1 Å². The number of hydrogen-bond acceptors (Lipinski definition) is 4. The molecule has 162 valence electrons. The Morgan fingerprint density at radius 2 is 1.87 bits per heavy atom. The number of carbonyl (C=O) groups is 1. The number of amides is 1. The molecule has 1 aliphatic rings. The van der Waals surface area contributed by atoms with E-state index in [1.54, 1.807) is 0 Å². The van der Waals surface area contributed by atoms with Gasteiger partial charge in [-0.05, 0) is 42.3 Å². The van der Waals surface area contributed by atoms with Crippen LogP contribution in [0.4, 0.5) is 17.6 Å². The van der Waals surface area contributed by atoms with Gasteiger partial charge in [0.05, 0.1) is 16.9 Å². The quantitative estimate of drug-likeness (QED) is 0.547. The molecule has 2 aromatic carbocycles. The number of hydroxylamine groups is 1. The van der Waals surface area contributed by atoms with Crippen LogP contribution in [-0.4, -0.2) is 37.8 Å². The first kappa shape index (κ1) is 22.2. The van der Waals surface area contributed by atoms with Crippen LogP contribution >= 0.6 is 0 Å². The van der Waals surface area contributed by atoms with Gasteiger partial charge < -0.3 is 0 Å². The van der Waals surface area contributed by atoms with Gasteiger partial charge in [0.15, 0.2) is 0 Å². The molecule has 0 radical (unpaired) electrons. The molecule has 30 heavy (non-hydrogen) atoms. The molecule has 0 spiro atoms. The van der Waals surface area contributed by atoms with E-state index >= 15 is 0 Å². The molecule has 1 heterocycles. The molecule has 1 N–H and O–H groups in total. The van der Waals surface area contributed by atoms with E-state index in [4.69, 9.17) is 4.84 Å². The highest BCUT2D eigenvalue weighted by Gasteiger charge is 2.36. The van der Waals surface area contributed by atoms with Gasteiger partial charge in [0.25, 0.3) is 0 Å². The molecule has 11 heteroatoms. The highest BCUT2D eigenvalue weighted by molar-refractivity contribution is 7.89. The molecule has 1 aliphatic heterocycles. The van der Waals surface area contributed by atoms with Crippen molar-refractivity contribution in [1.29, 1.82) is 0 Å². The van der Waals surface area contributed by atoms with Crippen LogP contribution in [0.15, 0.2) is 53.4 Å². The molecule has 1 saturated heterocycles. The lowest BCUT2D eigenvalue weighted by atomic mass is 10.1. The summed E-state index contributed by atoms with van der Waals surface area (Å²) < 4.78 is 77.8. The van der Waals surface area contributed by atoms with Crippen LogP contribution in [0.3, 0.4) is 0 Å². The Labute approximate surface area is 170 Å². The standard InChI is InChI=1S/C19H18F4N2O4S/c20-15-6-4-13(5-7-15)10-18(26)24-29-16-8-9-25(12-16)30(27,28)17-3-1-2-14(11-17)19(21,22)23/h1-7,11,16H,8-10,12H2,(H,24,26)/t16-/m1/s1. The number of alkyl halides is 3. The first-order valence-electron chi connectivity index (χ1n) is 8.92. The van der Waals surface area contributed by atoms with Crippen molar-refractivity contribution in [3.8, 4) is 0 Å². The van der Waals surface area contributed by atoms with E-state index < -0.39 is 44.5 Å². The van der Waals surface area contributed by atoms with Crippen LogP contribution in [-0.2, 0) is 32.3 Å². The third kappa shape index (κ3) is 5.35. The van der Waals surface area contributed by atoms with E-state index in [0.717, 1.165) is 22.5 Å². The van der Waals surface area contributed by atoms with Crippen LogP contribution in [0, 0.1) is 5.82 Å². The molecule has 0 bridgehead atoms.